The molecule has 2 nitrogen and oxygen atoms in total. The maximum Gasteiger partial charge on any atom is 0.0371 e. The Kier molecular flexibility index (Phi) is 3.79. The van der Waals surface area contributed by atoms with Gasteiger partial charge in [-0.05, 0) is 81.3 Å². The average Bonchev–Trinajstić information content (AvgIpc) is 2.91. The van der Waals surface area contributed by atoms with Gasteiger partial charge in [0.2, 0.25) is 0 Å². The van der Waals surface area contributed by atoms with E-state index in [0.29, 0.717) is 0 Å². The molecule has 0 aliphatic carbocycles. The Labute approximate surface area is 117 Å². The van der Waals surface area contributed by atoms with Crippen LogP contribution in [0.4, 0.5) is 5.69 Å². The van der Waals surface area contributed by atoms with Crippen molar-refractivity contribution in [2.24, 2.45) is 11.8 Å². The van der Waals surface area contributed by atoms with Gasteiger partial charge in [-0.3, -0.25) is 0 Å². The Morgan fingerprint density at radius 2 is 1.63 bits per heavy atom. The van der Waals surface area contributed by atoms with Crippen LogP contribution in [-0.4, -0.2) is 26.2 Å². The molecule has 1 atom stereocenters. The lowest BCUT2D eigenvalue weighted by atomic mass is 9.83. The predicted molar refractivity (Wildman–Crippen MR) is 81.8 cm³/mol. The lowest BCUT2D eigenvalue weighted by Crippen LogP contribution is -2.36. The first-order chi connectivity index (χ1) is 9.22. The number of nitrogens with one attached hydrogen (secondary N) is 1. The van der Waals surface area contributed by atoms with Crippen molar-refractivity contribution < 1.29 is 0 Å². The van der Waals surface area contributed by atoms with Crippen molar-refractivity contribution >= 4 is 5.69 Å². The Bertz CT molecular complexity index is 407. The van der Waals surface area contributed by atoms with Crippen LogP contribution in [0.15, 0.2) is 18.2 Å². The van der Waals surface area contributed by atoms with Crippen molar-refractivity contribution in [3.8, 4) is 0 Å². The van der Waals surface area contributed by atoms with E-state index in [-0.39, 0.29) is 0 Å². The average molecular weight is 258 g/mol. The van der Waals surface area contributed by atoms with Crippen LogP contribution in [0.3, 0.4) is 0 Å². The molecule has 19 heavy (non-hydrogen) atoms. The summed E-state index contributed by atoms with van der Waals surface area (Å²) < 4.78 is 0. The number of nitrogens with zero attached hydrogens (tertiary/aromatic N) is 1. The molecule has 2 aliphatic heterocycles. The van der Waals surface area contributed by atoms with Gasteiger partial charge < -0.3 is 10.2 Å². The summed E-state index contributed by atoms with van der Waals surface area (Å²) in [5.74, 6) is 1.90. The minimum Gasteiger partial charge on any atom is -0.372 e. The second-order valence-corrected chi connectivity index (χ2v) is 6.42. The van der Waals surface area contributed by atoms with Crippen molar-refractivity contribution in [1.29, 1.82) is 0 Å². The topological polar surface area (TPSA) is 15.3 Å². The fourth-order valence-electron chi connectivity index (χ4n) is 3.84. The van der Waals surface area contributed by atoms with Gasteiger partial charge in [-0.15, -0.1) is 0 Å². The lowest BCUT2D eigenvalue weighted by molar-refractivity contribution is 0.292. The third kappa shape index (κ3) is 2.94. The molecule has 2 heterocycles. The number of piperidine rings is 1. The predicted octanol–water partition coefficient (Wildman–Crippen LogP) is 3.13. The molecule has 1 unspecified atom stereocenters. The zero-order valence-corrected chi connectivity index (χ0v) is 12.3. The Balaban J connectivity index is 1.63. The van der Waals surface area contributed by atoms with E-state index in [9.17, 15) is 0 Å². The van der Waals surface area contributed by atoms with Crippen LogP contribution in [-0.2, 0) is 0 Å². The van der Waals surface area contributed by atoms with Gasteiger partial charge in [-0.1, -0.05) is 6.07 Å². The van der Waals surface area contributed by atoms with Gasteiger partial charge in [0, 0.05) is 18.8 Å². The van der Waals surface area contributed by atoms with E-state index in [4.69, 9.17) is 0 Å². The number of rotatable bonds is 2. The maximum absolute atomic E-state index is 3.51. The number of hydrogen-bond acceptors (Lipinski definition) is 2. The molecule has 0 saturated carbocycles. The molecule has 0 bridgehead atoms. The second kappa shape index (κ2) is 5.54. The third-order valence-electron chi connectivity index (χ3n) is 4.88. The van der Waals surface area contributed by atoms with E-state index in [2.05, 4.69) is 42.3 Å². The van der Waals surface area contributed by atoms with Gasteiger partial charge in [0.1, 0.15) is 0 Å². The Hall–Kier alpha value is -1.02. The van der Waals surface area contributed by atoms with Crippen LogP contribution in [0.1, 0.15) is 30.4 Å². The molecule has 1 aromatic rings. The van der Waals surface area contributed by atoms with E-state index in [1.807, 2.05) is 0 Å². The molecule has 104 valence electrons. The zero-order valence-electron chi connectivity index (χ0n) is 12.3. The van der Waals surface area contributed by atoms with Crippen LogP contribution in [0, 0.1) is 25.7 Å². The van der Waals surface area contributed by atoms with E-state index >= 15 is 0 Å². The lowest BCUT2D eigenvalue weighted by Gasteiger charge is -2.36. The van der Waals surface area contributed by atoms with Gasteiger partial charge >= 0.3 is 0 Å². The van der Waals surface area contributed by atoms with Crippen LogP contribution in [0.25, 0.3) is 0 Å². The fraction of sp³-hybridized carbons (Fsp3) is 0.647. The van der Waals surface area contributed by atoms with Gasteiger partial charge in [0.05, 0.1) is 0 Å². The summed E-state index contributed by atoms with van der Waals surface area (Å²) in [6, 6.07) is 6.94. The van der Waals surface area contributed by atoms with E-state index in [0.717, 1.165) is 11.8 Å². The standard InChI is InChI=1S/C17H26N2/c1-13-9-14(2)11-17(10-13)19-7-4-15(5-8-19)16-3-6-18-12-16/h9-11,15-16,18H,3-8,12H2,1-2H3. The van der Waals surface area contributed by atoms with E-state index < -0.39 is 0 Å². The van der Waals surface area contributed by atoms with Gasteiger partial charge in [-0.2, -0.15) is 0 Å². The first-order valence-corrected chi connectivity index (χ1v) is 7.76. The molecule has 0 aromatic heterocycles. The normalized spacial score (nSPS) is 24.9. The SMILES string of the molecule is Cc1cc(C)cc(N2CCC(C3CCNC3)CC2)c1. The van der Waals surface area contributed by atoms with Crippen molar-refractivity contribution in [2.45, 2.75) is 33.1 Å². The van der Waals surface area contributed by atoms with Gasteiger partial charge in [0.15, 0.2) is 0 Å². The van der Waals surface area contributed by atoms with Crippen molar-refractivity contribution in [3.63, 3.8) is 0 Å². The molecule has 2 heteroatoms. The second-order valence-electron chi connectivity index (χ2n) is 6.42. The molecule has 2 aliphatic rings. The van der Waals surface area contributed by atoms with Crippen LogP contribution in [0.2, 0.25) is 0 Å². The smallest absolute Gasteiger partial charge is 0.0371 e. The van der Waals surface area contributed by atoms with Gasteiger partial charge in [0.25, 0.3) is 0 Å². The molecule has 3 rings (SSSR count). The third-order valence-corrected chi connectivity index (χ3v) is 4.88. The Morgan fingerprint density at radius 1 is 0.947 bits per heavy atom. The molecule has 2 saturated heterocycles. The van der Waals surface area contributed by atoms with E-state index in [1.54, 1.807) is 0 Å². The number of aryl methyl sites for hydroxylation is 2. The summed E-state index contributed by atoms with van der Waals surface area (Å²) in [7, 11) is 0. The van der Waals surface area contributed by atoms with Crippen LogP contribution >= 0.6 is 0 Å². The molecular formula is C17H26N2. The number of anilines is 1. The summed E-state index contributed by atoms with van der Waals surface area (Å²) in [6.07, 6.45) is 4.15. The summed E-state index contributed by atoms with van der Waals surface area (Å²) in [6.45, 7) is 9.38. The van der Waals surface area contributed by atoms with Crippen LogP contribution in [0.5, 0.6) is 0 Å². The Morgan fingerprint density at radius 3 is 2.21 bits per heavy atom. The molecule has 0 radical (unpaired) electrons. The molecule has 2 fully saturated rings. The summed E-state index contributed by atoms with van der Waals surface area (Å²) in [5.41, 5.74) is 4.20. The highest BCUT2D eigenvalue weighted by atomic mass is 15.1. The molecule has 1 aromatic carbocycles. The minimum absolute atomic E-state index is 0.946. The monoisotopic (exact) mass is 258 g/mol. The number of benzene rings is 1. The largest absolute Gasteiger partial charge is 0.372 e. The van der Waals surface area contributed by atoms with E-state index in [1.165, 1.54) is 62.3 Å². The first kappa shape index (κ1) is 13.0. The summed E-state index contributed by atoms with van der Waals surface area (Å²) in [4.78, 5) is 2.58. The van der Waals surface area contributed by atoms with Crippen molar-refractivity contribution in [2.75, 3.05) is 31.1 Å². The zero-order chi connectivity index (χ0) is 13.2. The summed E-state index contributed by atoms with van der Waals surface area (Å²) in [5, 5.41) is 3.51. The van der Waals surface area contributed by atoms with Crippen molar-refractivity contribution in [3.05, 3.63) is 29.3 Å². The molecular weight excluding hydrogens is 232 g/mol. The van der Waals surface area contributed by atoms with Crippen LogP contribution < -0.4 is 10.2 Å². The quantitative estimate of drug-likeness (QED) is 0.877. The number of hydrogen-bond donors (Lipinski definition) is 1. The summed E-state index contributed by atoms with van der Waals surface area (Å²) >= 11 is 0. The molecule has 1 N–H and O–H groups in total. The molecule has 0 amide bonds. The fourth-order valence-corrected chi connectivity index (χ4v) is 3.84. The molecule has 0 spiro atoms. The minimum atomic E-state index is 0.946. The highest BCUT2D eigenvalue weighted by Gasteiger charge is 2.28. The maximum atomic E-state index is 3.51. The van der Waals surface area contributed by atoms with Gasteiger partial charge in [-0.25, -0.2) is 0 Å². The first-order valence-electron chi connectivity index (χ1n) is 7.76. The highest BCUT2D eigenvalue weighted by molar-refractivity contribution is 5.51. The van der Waals surface area contributed by atoms with Crippen molar-refractivity contribution in [1.82, 2.24) is 5.32 Å². The highest BCUT2D eigenvalue weighted by Crippen LogP contribution is 2.31.